The van der Waals surface area contributed by atoms with E-state index in [1.165, 1.54) is 11.3 Å². The molecule has 4 aromatic rings. The molecule has 0 saturated heterocycles. The molecule has 0 spiro atoms. The Morgan fingerprint density at radius 3 is 2.24 bits per heavy atom. The van der Waals surface area contributed by atoms with Crippen LogP contribution in [0.1, 0.15) is 28.4 Å². The predicted octanol–water partition coefficient (Wildman–Crippen LogP) is 4.80. The van der Waals surface area contributed by atoms with Gasteiger partial charge in [-0.25, -0.2) is 4.98 Å². The number of aromatic nitrogens is 1. The smallest absolute Gasteiger partial charge is 0.251 e. The van der Waals surface area contributed by atoms with Crippen molar-refractivity contribution in [1.82, 2.24) is 10.3 Å². The minimum absolute atomic E-state index is 0.110. The Labute approximate surface area is 172 Å². The van der Waals surface area contributed by atoms with Gasteiger partial charge in [-0.1, -0.05) is 72.0 Å². The summed E-state index contributed by atoms with van der Waals surface area (Å²) >= 11 is 1.43. The molecule has 1 unspecified atom stereocenters. The minimum Gasteiger partial charge on any atom is -0.345 e. The first-order chi connectivity index (χ1) is 14.2. The topological polar surface area (TPSA) is 71.1 Å². The largest absolute Gasteiger partial charge is 0.345 e. The summed E-state index contributed by atoms with van der Waals surface area (Å²) < 4.78 is 1.01. The van der Waals surface area contributed by atoms with Crippen molar-refractivity contribution in [2.24, 2.45) is 0 Å². The Hall–Kier alpha value is -3.51. The van der Waals surface area contributed by atoms with Gasteiger partial charge in [0.2, 0.25) is 5.91 Å². The predicted molar refractivity (Wildman–Crippen MR) is 116 cm³/mol. The van der Waals surface area contributed by atoms with Crippen molar-refractivity contribution in [3.63, 3.8) is 0 Å². The second-order valence-corrected chi connectivity index (χ2v) is 7.57. The van der Waals surface area contributed by atoms with Crippen molar-refractivity contribution in [2.75, 3.05) is 5.32 Å². The summed E-state index contributed by atoms with van der Waals surface area (Å²) in [5, 5.41) is 6.39. The van der Waals surface area contributed by atoms with E-state index < -0.39 is 6.04 Å². The molecule has 3 aromatic carbocycles. The maximum absolute atomic E-state index is 12.7. The number of para-hydroxylation sites is 1. The van der Waals surface area contributed by atoms with E-state index in [0.717, 1.165) is 15.8 Å². The summed E-state index contributed by atoms with van der Waals surface area (Å²) in [7, 11) is 0. The number of thiazole rings is 1. The number of nitrogens with zero attached hydrogens (tertiary/aromatic N) is 1. The highest BCUT2D eigenvalue weighted by Crippen LogP contribution is 2.26. The Balaban J connectivity index is 1.50. The van der Waals surface area contributed by atoms with E-state index in [1.807, 2.05) is 72.8 Å². The second-order valence-electron chi connectivity index (χ2n) is 6.54. The molecule has 0 fully saturated rings. The zero-order chi connectivity index (χ0) is 20.1. The summed E-state index contributed by atoms with van der Waals surface area (Å²) in [6.07, 6.45) is 0.110. The van der Waals surface area contributed by atoms with Crippen LogP contribution in [0.3, 0.4) is 0 Å². The Bertz CT molecular complexity index is 1090. The molecular formula is C23H19N3O2S. The third kappa shape index (κ3) is 4.67. The summed E-state index contributed by atoms with van der Waals surface area (Å²) in [5.41, 5.74) is 2.28. The van der Waals surface area contributed by atoms with Gasteiger partial charge in [-0.05, 0) is 29.8 Å². The molecule has 5 nitrogen and oxygen atoms in total. The van der Waals surface area contributed by atoms with E-state index >= 15 is 0 Å². The Kier molecular flexibility index (Phi) is 5.63. The Morgan fingerprint density at radius 2 is 1.52 bits per heavy atom. The molecule has 0 saturated carbocycles. The highest BCUT2D eigenvalue weighted by Gasteiger charge is 2.20. The van der Waals surface area contributed by atoms with Gasteiger partial charge in [0.05, 0.1) is 22.7 Å². The van der Waals surface area contributed by atoms with Gasteiger partial charge in [-0.2, -0.15) is 0 Å². The van der Waals surface area contributed by atoms with Crippen LogP contribution in [0, 0.1) is 0 Å². The number of fused-ring (bicyclic) bond motifs is 1. The quantitative estimate of drug-likeness (QED) is 0.488. The fourth-order valence-corrected chi connectivity index (χ4v) is 3.93. The zero-order valence-corrected chi connectivity index (χ0v) is 16.4. The van der Waals surface area contributed by atoms with E-state index in [2.05, 4.69) is 15.6 Å². The van der Waals surface area contributed by atoms with Crippen molar-refractivity contribution in [2.45, 2.75) is 12.5 Å². The molecule has 0 bridgehead atoms. The van der Waals surface area contributed by atoms with E-state index in [4.69, 9.17) is 0 Å². The first kappa shape index (κ1) is 18.8. The van der Waals surface area contributed by atoms with Crippen LogP contribution in [-0.2, 0) is 4.79 Å². The van der Waals surface area contributed by atoms with Crippen molar-refractivity contribution in [3.05, 3.63) is 96.1 Å². The lowest BCUT2D eigenvalue weighted by Crippen LogP contribution is -2.31. The van der Waals surface area contributed by atoms with Gasteiger partial charge < -0.3 is 10.6 Å². The van der Waals surface area contributed by atoms with Crippen LogP contribution in [0.2, 0.25) is 0 Å². The third-order valence-electron chi connectivity index (χ3n) is 4.47. The van der Waals surface area contributed by atoms with Gasteiger partial charge in [0.1, 0.15) is 0 Å². The number of benzene rings is 3. The maximum Gasteiger partial charge on any atom is 0.251 e. The normalized spacial score (nSPS) is 11.7. The summed E-state index contributed by atoms with van der Waals surface area (Å²) in [4.78, 5) is 29.8. The molecule has 0 aliphatic rings. The summed E-state index contributed by atoms with van der Waals surface area (Å²) in [6.45, 7) is 0. The van der Waals surface area contributed by atoms with Gasteiger partial charge in [-0.3, -0.25) is 9.59 Å². The molecule has 2 N–H and O–H groups in total. The first-order valence-electron chi connectivity index (χ1n) is 9.25. The third-order valence-corrected chi connectivity index (χ3v) is 5.42. The molecule has 1 heterocycles. The average Bonchev–Trinajstić information content (AvgIpc) is 3.16. The average molecular weight is 401 g/mol. The number of anilines is 1. The summed E-state index contributed by atoms with van der Waals surface area (Å²) in [5.74, 6) is -0.418. The molecule has 1 aromatic heterocycles. The zero-order valence-electron chi connectivity index (χ0n) is 15.5. The molecule has 0 aliphatic heterocycles. The monoisotopic (exact) mass is 401 g/mol. The lowest BCUT2D eigenvalue weighted by Gasteiger charge is -2.19. The summed E-state index contributed by atoms with van der Waals surface area (Å²) in [6, 6.07) is 25.8. The molecule has 1 atom stereocenters. The van der Waals surface area contributed by atoms with E-state index in [0.29, 0.717) is 10.7 Å². The van der Waals surface area contributed by atoms with Crippen LogP contribution >= 0.6 is 11.3 Å². The van der Waals surface area contributed by atoms with Gasteiger partial charge in [0, 0.05) is 5.56 Å². The van der Waals surface area contributed by atoms with Gasteiger partial charge in [-0.15, -0.1) is 0 Å². The number of hydrogen-bond donors (Lipinski definition) is 2. The molecule has 144 valence electrons. The fourth-order valence-electron chi connectivity index (χ4n) is 3.05. The van der Waals surface area contributed by atoms with E-state index in [-0.39, 0.29) is 18.2 Å². The van der Waals surface area contributed by atoms with Gasteiger partial charge >= 0.3 is 0 Å². The molecular weight excluding hydrogens is 382 g/mol. The molecule has 0 aliphatic carbocycles. The highest BCUT2D eigenvalue weighted by atomic mass is 32.1. The number of nitrogens with one attached hydrogen (secondary N) is 2. The van der Waals surface area contributed by atoms with Crippen LogP contribution in [-0.4, -0.2) is 16.8 Å². The van der Waals surface area contributed by atoms with Crippen molar-refractivity contribution in [3.8, 4) is 0 Å². The van der Waals surface area contributed by atoms with Crippen molar-refractivity contribution in [1.29, 1.82) is 0 Å². The van der Waals surface area contributed by atoms with Crippen LogP contribution in [0.4, 0.5) is 5.13 Å². The van der Waals surface area contributed by atoms with E-state index in [9.17, 15) is 9.59 Å². The Morgan fingerprint density at radius 1 is 0.862 bits per heavy atom. The first-order valence-corrected chi connectivity index (χ1v) is 10.1. The highest BCUT2D eigenvalue weighted by molar-refractivity contribution is 7.22. The number of amides is 2. The standard InChI is InChI=1S/C23H19N3O2S/c27-21(26-23-25-18-13-7-8-14-20(18)29-23)15-19(16-9-3-1-4-10-16)24-22(28)17-11-5-2-6-12-17/h1-14,19H,15H2,(H,24,28)(H,25,26,27). The van der Waals surface area contributed by atoms with Crippen LogP contribution in [0.25, 0.3) is 10.2 Å². The molecule has 6 heteroatoms. The van der Waals surface area contributed by atoms with Gasteiger partial charge in [0.15, 0.2) is 5.13 Å². The maximum atomic E-state index is 12.7. The molecule has 0 radical (unpaired) electrons. The number of carbonyl (C=O) groups excluding carboxylic acids is 2. The number of rotatable bonds is 6. The molecule has 2 amide bonds. The SMILES string of the molecule is O=C(CC(NC(=O)c1ccccc1)c1ccccc1)Nc1nc2ccccc2s1. The van der Waals surface area contributed by atoms with Crippen molar-refractivity contribution < 1.29 is 9.59 Å². The van der Waals surface area contributed by atoms with Crippen molar-refractivity contribution >= 4 is 38.5 Å². The minimum atomic E-state index is -0.446. The molecule has 4 rings (SSSR count). The van der Waals surface area contributed by atoms with Gasteiger partial charge in [0.25, 0.3) is 5.91 Å². The van der Waals surface area contributed by atoms with E-state index in [1.54, 1.807) is 12.1 Å². The number of hydrogen-bond acceptors (Lipinski definition) is 4. The van der Waals surface area contributed by atoms with Crippen LogP contribution in [0.15, 0.2) is 84.9 Å². The lowest BCUT2D eigenvalue weighted by molar-refractivity contribution is -0.116. The molecule has 29 heavy (non-hydrogen) atoms. The van der Waals surface area contributed by atoms with Crippen LogP contribution in [0.5, 0.6) is 0 Å². The second kappa shape index (κ2) is 8.67. The lowest BCUT2D eigenvalue weighted by atomic mass is 10.0. The number of carbonyl (C=O) groups is 2. The van der Waals surface area contributed by atoms with Crippen LogP contribution < -0.4 is 10.6 Å². The fraction of sp³-hybridized carbons (Fsp3) is 0.0870.